The van der Waals surface area contributed by atoms with Gasteiger partial charge in [-0.05, 0) is 105 Å². The van der Waals surface area contributed by atoms with Crippen molar-refractivity contribution in [2.45, 2.75) is 17.8 Å². The van der Waals surface area contributed by atoms with Crippen molar-refractivity contribution in [3.8, 4) is 35.4 Å². The van der Waals surface area contributed by atoms with Crippen LogP contribution in [0.5, 0.6) is 23.0 Å². The maximum absolute atomic E-state index is 15.5. The van der Waals surface area contributed by atoms with E-state index in [9.17, 15) is 0 Å². The number of rotatable bonds is 8. The molecule has 0 saturated carbocycles. The first kappa shape index (κ1) is 34.4. The summed E-state index contributed by atoms with van der Waals surface area (Å²) in [6, 6.07) is 14.4. The van der Waals surface area contributed by atoms with Gasteiger partial charge in [-0.25, -0.2) is 0 Å². The fourth-order valence-corrected chi connectivity index (χ4v) is 6.99. The van der Waals surface area contributed by atoms with Crippen LogP contribution in [-0.2, 0) is 5.41 Å². The Kier molecular flexibility index (Phi) is 10.3. The Hall–Kier alpha value is -3.44. The van der Waals surface area contributed by atoms with Gasteiger partial charge in [0.25, 0.3) is 0 Å². The monoisotopic (exact) mass is 880 g/mol. The minimum absolute atomic E-state index is 0.111. The first-order valence-electron chi connectivity index (χ1n) is 12.1. The van der Waals surface area contributed by atoms with Crippen LogP contribution in [0.1, 0.15) is 11.1 Å². The van der Waals surface area contributed by atoms with Gasteiger partial charge in [0.05, 0.1) is 8.95 Å². The van der Waals surface area contributed by atoms with Crippen LogP contribution in [0, 0.1) is 22.9 Å². The largest absolute Gasteiger partial charge is 0.456 e. The quantitative estimate of drug-likeness (QED) is 0.104. The zero-order valence-corrected chi connectivity index (χ0v) is 28.3. The minimum Gasteiger partial charge on any atom is -0.456 e. The molecule has 0 aliphatic rings. The Bertz CT molecular complexity index is 1670. The van der Waals surface area contributed by atoms with Crippen LogP contribution >= 0.6 is 63.7 Å². The summed E-state index contributed by atoms with van der Waals surface area (Å²) in [5, 5.41) is 22.3. The number of hydrogen-bond donors (Lipinski definition) is 2. The number of nitriles is 2. The number of anilines is 2. The molecule has 0 atom stereocenters. The molecule has 4 rings (SSSR count). The molecule has 0 radical (unpaired) electrons. The van der Waals surface area contributed by atoms with Crippen LogP contribution < -0.4 is 20.1 Å². The summed E-state index contributed by atoms with van der Waals surface area (Å²) in [6.07, 6.45) is -8.65. The number of nitrogens with one attached hydrogen (secondary N) is 2. The number of hydrogen-bond acceptors (Lipinski definition) is 6. The van der Waals surface area contributed by atoms with Crippen LogP contribution in [0.25, 0.3) is 0 Å². The maximum atomic E-state index is 15.5. The van der Waals surface area contributed by atoms with E-state index >= 15 is 26.3 Å². The zero-order valence-electron chi connectivity index (χ0n) is 21.9. The maximum Gasteiger partial charge on any atom is 0.411 e. The zero-order chi connectivity index (χ0) is 33.2. The van der Waals surface area contributed by atoms with Gasteiger partial charge in [0.1, 0.15) is 23.0 Å². The average Bonchev–Trinajstić information content (AvgIpc) is 2.93. The summed E-state index contributed by atoms with van der Waals surface area (Å²) >= 11 is 12.3. The van der Waals surface area contributed by atoms with Gasteiger partial charge in [0, 0.05) is 31.4 Å². The molecule has 0 fully saturated rings. The van der Waals surface area contributed by atoms with Crippen molar-refractivity contribution in [1.82, 2.24) is 0 Å². The lowest BCUT2D eigenvalue weighted by Crippen LogP contribution is -2.55. The van der Waals surface area contributed by atoms with Crippen LogP contribution in [0.3, 0.4) is 0 Å². The topological polar surface area (TPSA) is 90.1 Å². The molecule has 6 nitrogen and oxygen atoms in total. The third-order valence-electron chi connectivity index (χ3n) is 6.22. The van der Waals surface area contributed by atoms with E-state index in [0.29, 0.717) is 23.5 Å². The fourth-order valence-electron chi connectivity index (χ4n) is 4.38. The van der Waals surface area contributed by atoms with Crippen molar-refractivity contribution in [3.63, 3.8) is 0 Å². The van der Waals surface area contributed by atoms with Gasteiger partial charge in [0.15, 0.2) is 12.4 Å². The molecule has 0 heterocycles. The second-order valence-electron chi connectivity index (χ2n) is 9.00. The highest BCUT2D eigenvalue weighted by Crippen LogP contribution is 2.62. The molecule has 16 heteroatoms. The van der Waals surface area contributed by atoms with Gasteiger partial charge in [-0.1, -0.05) is 31.9 Å². The normalized spacial score (nSPS) is 11.7. The molecular formula is C29H14Br4F6N4O2. The molecular weight excluding hydrogens is 870 g/mol. The molecule has 0 bridgehead atoms. The van der Waals surface area contributed by atoms with Gasteiger partial charge in [-0.3, -0.25) is 10.6 Å². The van der Waals surface area contributed by atoms with Crippen molar-refractivity contribution in [1.29, 1.82) is 10.5 Å². The first-order valence-corrected chi connectivity index (χ1v) is 15.3. The molecule has 0 saturated heterocycles. The van der Waals surface area contributed by atoms with E-state index in [4.69, 9.17) is 20.0 Å². The Labute approximate surface area is 285 Å². The summed E-state index contributed by atoms with van der Waals surface area (Å²) < 4.78 is 104. The molecule has 4 aromatic carbocycles. The van der Waals surface area contributed by atoms with Gasteiger partial charge in [-0.15, -0.1) is 0 Å². The number of alkyl halides is 6. The van der Waals surface area contributed by atoms with E-state index < -0.39 is 40.4 Å². The predicted molar refractivity (Wildman–Crippen MR) is 168 cm³/mol. The molecule has 0 amide bonds. The number of ether oxygens (including phenoxy) is 2. The number of benzene rings is 4. The van der Waals surface area contributed by atoms with Crippen LogP contribution in [0.2, 0.25) is 0 Å². The molecule has 0 spiro atoms. The van der Waals surface area contributed by atoms with E-state index in [1.165, 1.54) is 60.7 Å². The predicted octanol–water partition coefficient (Wildman–Crippen LogP) is 11.5. The SMILES string of the molecule is N#CNc1ccc(Oc2c(Br)cc(Br)cc2C(c2cc(Br)cc(Br)c2Oc2ccc(NC#N)cc2)(C(F)(F)F)C(F)(F)F)cc1. The lowest BCUT2D eigenvalue weighted by molar-refractivity contribution is -0.289. The Morgan fingerprint density at radius 3 is 1.18 bits per heavy atom. The van der Waals surface area contributed by atoms with Crippen molar-refractivity contribution < 1.29 is 35.8 Å². The second kappa shape index (κ2) is 13.5. The van der Waals surface area contributed by atoms with Gasteiger partial charge in [-0.2, -0.15) is 36.9 Å². The third-order valence-corrected chi connectivity index (χ3v) is 8.32. The molecule has 0 aromatic heterocycles. The van der Waals surface area contributed by atoms with Crippen molar-refractivity contribution in [2.75, 3.05) is 10.6 Å². The number of halogens is 10. The number of nitrogens with zero attached hydrogens (tertiary/aromatic N) is 2. The summed E-state index contributed by atoms with van der Waals surface area (Å²) in [5.41, 5.74) is -6.69. The Morgan fingerprint density at radius 1 is 0.556 bits per heavy atom. The van der Waals surface area contributed by atoms with Crippen LogP contribution in [-0.4, -0.2) is 12.4 Å². The standard InChI is InChI=1S/C29H14Br4F6N4O2/c30-15-9-21(25(23(32)11-15)44-19-5-1-17(2-6-19)42-13-40)27(28(34,35)36,29(37,38)39)22-10-16(31)12-24(33)26(22)45-20-7-3-18(4-8-20)43-14-41/h1-12,42-43H. The molecule has 0 unspecified atom stereocenters. The van der Waals surface area contributed by atoms with E-state index in [0.717, 1.165) is 0 Å². The van der Waals surface area contributed by atoms with Crippen molar-refractivity contribution in [2.24, 2.45) is 0 Å². The summed E-state index contributed by atoms with van der Waals surface area (Å²) in [4.78, 5) is 0. The Balaban J connectivity index is 2.06. The highest BCUT2D eigenvalue weighted by Gasteiger charge is 2.74. The highest BCUT2D eigenvalue weighted by molar-refractivity contribution is 9.11. The van der Waals surface area contributed by atoms with E-state index in [-0.39, 0.29) is 29.4 Å². The fraction of sp³-hybridized carbons (Fsp3) is 0.103. The van der Waals surface area contributed by atoms with Gasteiger partial charge >= 0.3 is 12.4 Å². The smallest absolute Gasteiger partial charge is 0.411 e. The van der Waals surface area contributed by atoms with E-state index in [2.05, 4.69) is 74.4 Å². The second-order valence-corrected chi connectivity index (χ2v) is 12.5. The molecule has 0 aliphatic carbocycles. The summed E-state index contributed by atoms with van der Waals surface area (Å²) in [7, 11) is 0. The highest BCUT2D eigenvalue weighted by atomic mass is 79.9. The van der Waals surface area contributed by atoms with Gasteiger partial charge in [0.2, 0.25) is 5.41 Å². The first-order chi connectivity index (χ1) is 21.1. The summed E-state index contributed by atoms with van der Waals surface area (Å²) in [6.45, 7) is 0. The van der Waals surface area contributed by atoms with Crippen molar-refractivity contribution >= 4 is 75.1 Å². The van der Waals surface area contributed by atoms with Crippen LogP contribution in [0.15, 0.2) is 90.7 Å². The lowest BCUT2D eigenvalue weighted by atomic mass is 9.72. The average molecular weight is 884 g/mol. The van der Waals surface area contributed by atoms with E-state index in [1.807, 2.05) is 0 Å². The minimum atomic E-state index is -6.02. The Morgan fingerprint density at radius 2 is 0.889 bits per heavy atom. The van der Waals surface area contributed by atoms with E-state index in [1.54, 1.807) is 12.4 Å². The molecule has 2 N–H and O–H groups in total. The lowest BCUT2D eigenvalue weighted by Gasteiger charge is -2.40. The molecule has 4 aromatic rings. The van der Waals surface area contributed by atoms with Crippen LogP contribution in [0.4, 0.5) is 37.7 Å². The van der Waals surface area contributed by atoms with Crippen molar-refractivity contribution in [3.05, 3.63) is 102 Å². The van der Waals surface area contributed by atoms with Gasteiger partial charge < -0.3 is 9.47 Å². The molecule has 0 aliphatic heterocycles. The third kappa shape index (κ3) is 7.04. The molecule has 232 valence electrons. The molecule has 45 heavy (non-hydrogen) atoms. The summed E-state index contributed by atoms with van der Waals surface area (Å²) in [5.74, 6) is -1.77.